The highest BCUT2D eigenvalue weighted by molar-refractivity contribution is 9.10. The molecule has 0 radical (unpaired) electrons. The molecule has 7 aromatic rings. The molecule has 9 rings (SSSR count). The molecule has 0 unspecified atom stereocenters. The molecule has 0 fully saturated rings. The summed E-state index contributed by atoms with van der Waals surface area (Å²) in [4.78, 5) is 177. The van der Waals surface area contributed by atoms with Crippen LogP contribution >= 0.6 is 27.7 Å². The minimum Gasteiger partial charge on any atom is -0.461 e. The molecule has 0 aromatic heterocycles. The van der Waals surface area contributed by atoms with Gasteiger partial charge in [0, 0.05) is 28.6 Å². The second kappa shape index (κ2) is 41.7. The standard InChI is InChI=1S/C88H104BrN11O18S/c1-12-52(2)74(96-80(106)68(47-73(103)118-99-44-43-57-45-61(89)46-70(77(57)99)100(112)113)94-79(105)67(41-42-72(102)114-49-56-29-17-13-18-30-56)95-85(111)115-50-66-64-39-27-25-37-62(64)63-38-26-28-40-65(63)66)83(109)98-76(55(5)117-87(9,10)11)84(110)97-75(54(4)116-86(6,7)8)82(108)91-48-71(101)93-69(81(107)92-53(3)78(90)104)51-119-88(58-31-19-14-20-32-58,59-33-21-15-22-34-59)60-35-23-16-24-36-60/h13-40,45-46,52-55,66-69,74-76H,12,41-44,47-51H2,1-11H3,(H2,90,104)(H,91,108)(H,92,107)(H,93,101)(H,94,105)(H,95,111)(H,96,106)(H,97,110)(H,98,109)/t52-,53-,54+,55+,67-,68-,69-,74-,75-,76-/m0/s1. The molecule has 10 N–H and O–H groups in total. The minimum absolute atomic E-state index is 0.0444. The molecular weight excluding hydrogens is 1610 g/mol. The van der Waals surface area contributed by atoms with E-state index in [0.717, 1.165) is 44.0 Å². The van der Waals surface area contributed by atoms with Crippen molar-refractivity contribution in [2.75, 3.05) is 30.5 Å². The number of carbonyl (C=O) groups is 11. The third kappa shape index (κ3) is 25.0. The van der Waals surface area contributed by atoms with E-state index in [-0.39, 0.29) is 44.0 Å². The number of nitrogens with zero attached hydrogens (tertiary/aromatic N) is 2. The van der Waals surface area contributed by atoms with Crippen molar-refractivity contribution in [2.24, 2.45) is 11.7 Å². The van der Waals surface area contributed by atoms with Crippen LogP contribution in [0.4, 0.5) is 16.2 Å². The number of nitrogens with one attached hydrogen (secondary N) is 8. The maximum atomic E-state index is 15.4. The zero-order chi connectivity index (χ0) is 86.5. The number of amides is 9. The van der Waals surface area contributed by atoms with Crippen LogP contribution in [0, 0.1) is 16.0 Å². The topological polar surface area (TPSA) is 403 Å². The van der Waals surface area contributed by atoms with E-state index >= 15 is 19.2 Å². The molecule has 10 atom stereocenters. The number of thioether (sulfide) groups is 1. The number of anilines is 1. The second-order valence-electron chi connectivity index (χ2n) is 31.3. The van der Waals surface area contributed by atoms with Crippen LogP contribution in [-0.4, -0.2) is 161 Å². The highest BCUT2D eigenvalue weighted by atomic mass is 79.9. The van der Waals surface area contributed by atoms with Gasteiger partial charge in [-0.15, -0.1) is 11.8 Å². The molecule has 0 saturated heterocycles. The van der Waals surface area contributed by atoms with Crippen molar-refractivity contribution in [1.29, 1.82) is 0 Å². The molecule has 632 valence electrons. The molecule has 9 amide bonds. The summed E-state index contributed by atoms with van der Waals surface area (Å²) in [6, 6.07) is 44.4. The molecule has 1 aliphatic heterocycles. The summed E-state index contributed by atoms with van der Waals surface area (Å²) in [5.41, 5.74) is 10.5. The predicted molar refractivity (Wildman–Crippen MR) is 451 cm³/mol. The number of fused-ring (bicyclic) bond motifs is 4. The van der Waals surface area contributed by atoms with E-state index in [1.54, 1.807) is 91.8 Å². The lowest BCUT2D eigenvalue weighted by Gasteiger charge is -2.36. The fraction of sp³-hybridized carbons (Fsp3) is 0.398. The summed E-state index contributed by atoms with van der Waals surface area (Å²) >= 11 is 4.64. The van der Waals surface area contributed by atoms with E-state index in [9.17, 15) is 43.7 Å². The van der Waals surface area contributed by atoms with Crippen molar-refractivity contribution < 1.29 is 81.4 Å². The van der Waals surface area contributed by atoms with E-state index in [1.165, 1.54) is 38.6 Å². The van der Waals surface area contributed by atoms with Crippen LogP contribution in [0.3, 0.4) is 0 Å². The maximum absolute atomic E-state index is 15.4. The molecular formula is C88H104BrN11O18S. The van der Waals surface area contributed by atoms with Crippen LogP contribution in [0.5, 0.6) is 0 Å². The normalized spacial score (nSPS) is 14.9. The van der Waals surface area contributed by atoms with Crippen molar-refractivity contribution in [1.82, 2.24) is 42.5 Å². The van der Waals surface area contributed by atoms with Crippen molar-refractivity contribution in [3.05, 3.63) is 236 Å². The van der Waals surface area contributed by atoms with Gasteiger partial charge in [-0.25, -0.2) is 9.59 Å². The Hall–Kier alpha value is -11.5. The summed E-state index contributed by atoms with van der Waals surface area (Å²) in [5, 5.41) is 34.6. The molecule has 0 saturated carbocycles. The smallest absolute Gasteiger partial charge is 0.407 e. The van der Waals surface area contributed by atoms with Crippen molar-refractivity contribution in [2.45, 2.75) is 191 Å². The average Bonchev–Trinajstić information content (AvgIpc) is 1.70. The molecule has 0 spiro atoms. The summed E-state index contributed by atoms with van der Waals surface area (Å²) in [7, 11) is 0. The number of hydroxylamine groups is 1. The van der Waals surface area contributed by atoms with Crippen LogP contribution < -0.4 is 53.3 Å². The van der Waals surface area contributed by atoms with Gasteiger partial charge in [-0.3, -0.25) is 53.3 Å². The van der Waals surface area contributed by atoms with Gasteiger partial charge in [-0.2, -0.15) is 5.06 Å². The number of nitro groups is 1. The molecule has 7 aromatic carbocycles. The monoisotopic (exact) mass is 1710 g/mol. The SMILES string of the molecule is CC[C@H](C)[C@H](NC(=O)[C@H](CC(=O)ON1CCc2cc(Br)cc([N+](=O)[O-])c21)NC(=O)[C@H](CCC(=O)OCc1ccccc1)NC(=O)OCC1c2ccccc2-c2ccccc21)C(=O)N[C@H](C(=O)N[C@H](C(=O)NCC(=O)N[C@@H](CSC(c1ccccc1)(c1ccccc1)c1ccccc1)C(=O)N[C@@H](C)C(N)=O)[C@@H](C)OC(C)(C)C)[C@@H](C)OC(C)(C)C. The summed E-state index contributed by atoms with van der Waals surface area (Å²) < 4.78 is 23.4. The number of carbonyl (C=O) groups excluding carboxylic acids is 11. The highest BCUT2D eigenvalue weighted by Crippen LogP contribution is 2.49. The van der Waals surface area contributed by atoms with Gasteiger partial charge in [0.25, 0.3) is 5.69 Å². The fourth-order valence-corrected chi connectivity index (χ4v) is 16.2. The number of nitrogens with two attached hydrogens (primary N) is 1. The zero-order valence-electron chi connectivity index (χ0n) is 68.3. The quantitative estimate of drug-likeness (QED) is 0.00748. The van der Waals surface area contributed by atoms with E-state index < -0.39 is 184 Å². The van der Waals surface area contributed by atoms with Crippen LogP contribution in [0.1, 0.15) is 147 Å². The Morgan fingerprint density at radius 1 is 0.571 bits per heavy atom. The van der Waals surface area contributed by atoms with Crippen LogP contribution in [0.2, 0.25) is 0 Å². The molecule has 1 aliphatic carbocycles. The van der Waals surface area contributed by atoms with Gasteiger partial charge < -0.3 is 72.1 Å². The molecule has 1 heterocycles. The van der Waals surface area contributed by atoms with Gasteiger partial charge in [-0.1, -0.05) is 206 Å². The zero-order valence-corrected chi connectivity index (χ0v) is 70.8. The molecule has 119 heavy (non-hydrogen) atoms. The number of rotatable bonds is 39. The lowest BCUT2D eigenvalue weighted by Crippen LogP contribution is -2.64. The number of nitro benzene ring substituents is 1. The number of hydrogen-bond donors (Lipinski definition) is 9. The first-order valence-corrected chi connectivity index (χ1v) is 41.1. The molecule has 29 nitrogen and oxygen atoms in total. The Labute approximate surface area is 704 Å². The first-order chi connectivity index (χ1) is 56.5. The Balaban J connectivity index is 0.976. The number of esters is 1. The maximum Gasteiger partial charge on any atom is 0.407 e. The van der Waals surface area contributed by atoms with Crippen LogP contribution in [-0.2, 0) is 89.5 Å². The van der Waals surface area contributed by atoms with Crippen molar-refractivity contribution in [3.8, 4) is 11.1 Å². The van der Waals surface area contributed by atoms with Gasteiger partial charge in [0.15, 0.2) is 5.69 Å². The molecule has 2 aliphatic rings. The lowest BCUT2D eigenvalue weighted by molar-refractivity contribution is -0.384. The second-order valence-corrected chi connectivity index (χ2v) is 33.4. The number of benzene rings is 7. The highest BCUT2D eigenvalue weighted by Gasteiger charge is 2.44. The van der Waals surface area contributed by atoms with E-state index in [4.69, 9.17) is 29.5 Å². The minimum atomic E-state index is -2.01. The Kier molecular flexibility index (Phi) is 32.0. The Bertz CT molecular complexity index is 4630. The number of primary amides is 1. The Morgan fingerprint density at radius 3 is 1.58 bits per heavy atom. The van der Waals surface area contributed by atoms with E-state index in [2.05, 4.69) is 58.5 Å². The summed E-state index contributed by atoms with van der Waals surface area (Å²) in [5.74, 6) is -11.1. The summed E-state index contributed by atoms with van der Waals surface area (Å²) in [6.45, 7) is 16.7. The fourth-order valence-electron chi connectivity index (χ4n) is 14.2. The van der Waals surface area contributed by atoms with Gasteiger partial charge in [-0.05, 0) is 137 Å². The van der Waals surface area contributed by atoms with Gasteiger partial charge in [0.1, 0.15) is 55.5 Å². The van der Waals surface area contributed by atoms with E-state index in [1.807, 2.05) is 140 Å². The molecule has 31 heteroatoms. The lowest BCUT2D eigenvalue weighted by atomic mass is 9.84. The number of alkyl carbamates (subject to hydrolysis) is 1. The molecule has 0 bridgehead atoms. The first kappa shape index (κ1) is 91.4. The number of ether oxygens (including phenoxy) is 4. The largest absolute Gasteiger partial charge is 0.461 e. The van der Waals surface area contributed by atoms with E-state index in [0.29, 0.717) is 15.6 Å². The third-order valence-corrected chi connectivity index (χ3v) is 22.1. The first-order valence-electron chi connectivity index (χ1n) is 39.3. The van der Waals surface area contributed by atoms with Gasteiger partial charge in [0.2, 0.25) is 47.3 Å². The summed E-state index contributed by atoms with van der Waals surface area (Å²) in [6.07, 6.45) is -5.12. The predicted octanol–water partition coefficient (Wildman–Crippen LogP) is 9.71. The van der Waals surface area contributed by atoms with Crippen LogP contribution in [0.25, 0.3) is 11.1 Å². The van der Waals surface area contributed by atoms with Gasteiger partial charge in [0.05, 0.1) is 52.6 Å². The van der Waals surface area contributed by atoms with Crippen molar-refractivity contribution >= 4 is 104 Å². The number of halogens is 1. The van der Waals surface area contributed by atoms with Gasteiger partial charge >= 0.3 is 18.0 Å². The van der Waals surface area contributed by atoms with Crippen LogP contribution in [0.15, 0.2) is 186 Å². The average molecular weight is 1720 g/mol. The number of hydrogen-bond acceptors (Lipinski definition) is 20. The third-order valence-electron chi connectivity index (χ3n) is 20.1. The van der Waals surface area contributed by atoms with Crippen molar-refractivity contribution in [3.63, 3.8) is 0 Å². The Morgan fingerprint density at radius 2 is 1.06 bits per heavy atom.